The molecule has 6 heterocycles. The second-order valence-electron chi connectivity index (χ2n) is 26.0. The summed E-state index contributed by atoms with van der Waals surface area (Å²) in [5.41, 5.74) is 8.05. The summed E-state index contributed by atoms with van der Waals surface area (Å²) in [6, 6.07) is 36.4. The van der Waals surface area contributed by atoms with E-state index >= 15 is 0 Å². The van der Waals surface area contributed by atoms with Gasteiger partial charge in [0.1, 0.15) is 29.5 Å². The first-order valence-corrected chi connectivity index (χ1v) is 35.2. The number of benzene rings is 5. The minimum absolute atomic E-state index is 0. The Balaban J connectivity index is 0.000000191. The van der Waals surface area contributed by atoms with Gasteiger partial charge in [0.2, 0.25) is 20.0 Å². The van der Waals surface area contributed by atoms with Crippen LogP contribution in [0.25, 0.3) is 0 Å². The second-order valence-corrected chi connectivity index (χ2v) is 29.8. The summed E-state index contributed by atoms with van der Waals surface area (Å²) in [4.78, 5) is 36.0. The van der Waals surface area contributed by atoms with Gasteiger partial charge in [-0.15, -0.1) is 0 Å². The molecule has 4 N–H and O–H groups in total. The summed E-state index contributed by atoms with van der Waals surface area (Å²) in [6.45, 7) is 10.1. The number of nitrogens with zero attached hydrogens (tertiary/aromatic N) is 3. The predicted octanol–water partition coefficient (Wildman–Crippen LogP) is 9.31. The Morgan fingerprint density at radius 3 is 1.43 bits per heavy atom. The molecule has 8 aliphatic rings. The van der Waals surface area contributed by atoms with Gasteiger partial charge in [-0.1, -0.05) is 95.8 Å². The van der Waals surface area contributed by atoms with Gasteiger partial charge in [0.05, 0.1) is 74.0 Å². The Labute approximate surface area is 558 Å². The highest BCUT2D eigenvalue weighted by Crippen LogP contribution is 2.48. The molecule has 25 heteroatoms. The third kappa shape index (κ3) is 19.4. The van der Waals surface area contributed by atoms with Crippen molar-refractivity contribution in [1.82, 2.24) is 8.61 Å². The topological polar surface area (TPSA) is 302 Å². The third-order valence-corrected chi connectivity index (χ3v) is 22.0. The van der Waals surface area contributed by atoms with Crippen LogP contribution in [-0.4, -0.2) is 163 Å². The van der Waals surface area contributed by atoms with Crippen molar-refractivity contribution in [2.24, 2.45) is 59.0 Å². The predicted molar refractivity (Wildman–Crippen MR) is 353 cm³/mol. The largest absolute Gasteiger partial charge is 0.514 e. The van der Waals surface area contributed by atoms with Gasteiger partial charge in [-0.3, -0.25) is 14.9 Å². The van der Waals surface area contributed by atoms with E-state index in [-0.39, 0.29) is 133 Å². The lowest BCUT2D eigenvalue weighted by atomic mass is 9.74. The highest BCUT2D eigenvalue weighted by atomic mass is 32.2. The second kappa shape index (κ2) is 34.0. The normalized spacial score (nSPS) is 24.5. The molecule has 8 bridgehead atoms. The van der Waals surface area contributed by atoms with Gasteiger partial charge < -0.3 is 58.6 Å². The van der Waals surface area contributed by atoms with Gasteiger partial charge >= 0.3 is 12.1 Å². The van der Waals surface area contributed by atoms with Crippen LogP contribution in [0.2, 0.25) is 0 Å². The maximum Gasteiger partial charge on any atom is 0.514 e. The van der Waals surface area contributed by atoms with Crippen molar-refractivity contribution >= 4 is 37.9 Å². The Bertz CT molecular complexity index is 3460. The van der Waals surface area contributed by atoms with Gasteiger partial charge in [-0.2, -0.15) is 8.61 Å². The van der Waals surface area contributed by atoms with E-state index in [4.69, 9.17) is 48.4 Å². The molecule has 2 aliphatic carbocycles. The molecule has 0 spiro atoms. The summed E-state index contributed by atoms with van der Waals surface area (Å²) >= 11 is 0. The van der Waals surface area contributed by atoms with Gasteiger partial charge in [-0.05, 0) is 122 Å². The van der Waals surface area contributed by atoms with Gasteiger partial charge in [0.15, 0.2) is 12.6 Å². The van der Waals surface area contributed by atoms with Crippen LogP contribution < -0.4 is 19.9 Å². The van der Waals surface area contributed by atoms with Crippen LogP contribution in [0.15, 0.2) is 143 Å². The number of hydrogen-bond acceptors (Lipinski definition) is 20. The van der Waals surface area contributed by atoms with Crippen LogP contribution in [0.3, 0.4) is 0 Å². The first kappa shape index (κ1) is 74.2. The van der Waals surface area contributed by atoms with E-state index in [1.54, 1.807) is 24.3 Å². The van der Waals surface area contributed by atoms with E-state index in [2.05, 4.69) is 0 Å². The smallest absolute Gasteiger partial charge is 0.497 e. The first-order chi connectivity index (χ1) is 45.0. The number of hydrogen-bond donors (Lipinski definition) is 3. The maximum atomic E-state index is 13.7. The average molecular weight is 1360 g/mol. The van der Waals surface area contributed by atoms with Gasteiger partial charge in [0, 0.05) is 85.8 Å². The highest BCUT2D eigenvalue weighted by molar-refractivity contribution is 7.89. The van der Waals surface area contributed by atoms with E-state index in [0.29, 0.717) is 57.3 Å². The number of nitro benzene ring substituents is 1. The number of carbonyl (C=O) groups is 2. The van der Waals surface area contributed by atoms with Gasteiger partial charge in [0.25, 0.3) is 5.69 Å². The number of nitro groups is 1. The van der Waals surface area contributed by atoms with E-state index in [1.165, 1.54) is 71.4 Å². The molecule has 13 rings (SSSR count). The lowest BCUT2D eigenvalue weighted by Crippen LogP contribution is -2.47. The molecule has 5 aromatic rings. The zero-order valence-electron chi connectivity index (χ0n) is 54.1. The lowest BCUT2D eigenvalue weighted by molar-refractivity contribution is -0.384. The Morgan fingerprint density at radius 1 is 0.568 bits per heavy atom. The molecule has 23 nitrogen and oxygen atoms in total. The summed E-state index contributed by atoms with van der Waals surface area (Å²) in [5.74, 6) is 1.59. The summed E-state index contributed by atoms with van der Waals surface area (Å²) in [6.07, 6.45) is 0.940. The fourth-order valence-electron chi connectivity index (χ4n) is 13.4. The number of ether oxygens (including phenoxy) is 9. The molecule has 0 aromatic heterocycles. The van der Waals surface area contributed by atoms with Crippen LogP contribution in [-0.2, 0) is 66.1 Å². The maximum absolute atomic E-state index is 13.7. The first-order valence-electron chi connectivity index (χ1n) is 32.3. The van der Waals surface area contributed by atoms with Crippen molar-refractivity contribution in [1.29, 1.82) is 0 Å². The van der Waals surface area contributed by atoms with E-state index < -0.39 is 55.3 Å². The number of aliphatic hydroxyl groups is 2. The molecule has 2 saturated carbocycles. The molecular formula is C70H94N4O19S2. The molecule has 0 amide bonds. The zero-order valence-corrected chi connectivity index (χ0v) is 55.7. The van der Waals surface area contributed by atoms with Crippen LogP contribution >= 0.6 is 0 Å². The van der Waals surface area contributed by atoms with E-state index in [0.717, 1.165) is 36.8 Å². The Kier molecular flexibility index (Phi) is 26.6. The number of non-ortho nitro benzene ring substituents is 1. The fourth-order valence-corrected chi connectivity index (χ4v) is 16.7. The van der Waals surface area contributed by atoms with Crippen molar-refractivity contribution in [3.8, 4) is 17.2 Å². The van der Waals surface area contributed by atoms with E-state index in [9.17, 15) is 46.8 Å². The van der Waals surface area contributed by atoms with Crippen LogP contribution in [0, 0.1) is 63.4 Å². The minimum Gasteiger partial charge on any atom is -0.497 e. The standard InChI is InChI=1S/C32H43NO8S.C21H30N2O4S.C16H17NO7.CH4/c1-21(2)17-33(42(36,37)26-12-10-25(38-3)11-13-26)18-29(34)24(15-22-7-5-4-6-8-22)16-30(35)41-31-23-9-14-27-28(31)20-40-32(27)39-19-23;1-16(2)14-23(28(25,26)19-11-9-18(27-3)10-12-19)15-21(24)20(22)13-17-7-5-4-6-8-17;18-16(23-11-4-2-10(3-5-11)17(19)20)24-14-9-1-6-12-13(14)8-22-15(12)21-7-9;/h4-8,10-13,21,23-24,27-29,31-32,34H,9,14-20H2,1-3H3;4-12,16,20-21,24H,13-15,22H2,1-3H3;2-5,9,12-15H,1,6-8H2;1H4/t23?,24-,27?,28?,29-,31?,32?;20-,21+;;/m10../s1. The average Bonchev–Trinajstić information content (AvgIpc) is 1.68. The van der Waals surface area contributed by atoms with Crippen molar-refractivity contribution in [2.45, 2.75) is 133 Å². The van der Waals surface area contributed by atoms with Crippen LogP contribution in [0.5, 0.6) is 17.2 Å². The molecule has 5 aromatic carbocycles. The minimum atomic E-state index is -3.92. The van der Waals surface area contributed by atoms with Crippen molar-refractivity contribution in [2.75, 3.05) is 66.8 Å². The van der Waals surface area contributed by atoms with Crippen LogP contribution in [0.1, 0.15) is 78.4 Å². The van der Waals surface area contributed by atoms with Gasteiger partial charge in [-0.25, -0.2) is 21.6 Å². The zero-order chi connectivity index (χ0) is 67.3. The van der Waals surface area contributed by atoms with E-state index in [1.807, 2.05) is 88.4 Å². The number of methoxy groups -OCH3 is 2. The summed E-state index contributed by atoms with van der Waals surface area (Å²) < 4.78 is 107. The number of carbonyl (C=O) groups excluding carboxylic acids is 2. The van der Waals surface area contributed by atoms with Crippen molar-refractivity contribution in [3.05, 3.63) is 155 Å². The Morgan fingerprint density at radius 2 is 0.989 bits per heavy atom. The number of rotatable bonds is 26. The molecule has 8 fully saturated rings. The monoisotopic (exact) mass is 1360 g/mol. The molecular weight excluding hydrogens is 1260 g/mol. The highest BCUT2D eigenvalue weighted by Gasteiger charge is 2.54. The lowest BCUT2D eigenvalue weighted by Gasteiger charge is -2.36. The molecule has 14 atom stereocenters. The SMILES string of the molecule is C.COc1ccc(S(=O)(=O)N(CC(C)C)C[C@@H](O)[C@@H](CC(=O)OC2C3CCC4C(OC3)OCC42)Cc2ccccc2)cc1.COc1ccc(S(=O)(=O)N(CC(C)C)C[C@@H](O)[C@@H](N)Cc2ccccc2)cc1.O=C(Oc1ccc([N+](=O)[O-])cc1)OC1C2CCC3C(OC2)OCC31. The van der Waals surface area contributed by atoms with Crippen molar-refractivity contribution < 1.29 is 84.2 Å². The number of aliphatic hydroxyl groups excluding tert-OH is 2. The third-order valence-electron chi connectivity index (χ3n) is 18.4. The van der Waals surface area contributed by atoms with Crippen molar-refractivity contribution in [3.63, 3.8) is 0 Å². The number of esters is 1. The number of fused-ring (bicyclic) bond motifs is 4. The molecule has 520 valence electrons. The molecule has 10 unspecified atom stereocenters. The molecule has 95 heavy (non-hydrogen) atoms. The number of sulfonamides is 2. The molecule has 0 radical (unpaired) electrons. The van der Waals surface area contributed by atoms with Crippen LogP contribution in [0.4, 0.5) is 10.5 Å². The Hall–Kier alpha value is -6.62. The summed E-state index contributed by atoms with van der Waals surface area (Å²) in [7, 11) is -4.63. The quantitative estimate of drug-likeness (QED) is 0.0201. The number of nitrogens with two attached hydrogens (primary N) is 1. The summed E-state index contributed by atoms with van der Waals surface area (Å²) in [5, 5.41) is 32.8. The molecule has 6 saturated heterocycles. The molecule has 6 aliphatic heterocycles. The fraction of sp³-hybridized carbons (Fsp3) is 0.543.